The van der Waals surface area contributed by atoms with Gasteiger partial charge in [-0.25, -0.2) is 0 Å². The maximum Gasteiger partial charge on any atom is 0.233 e. The first-order chi connectivity index (χ1) is 12.2. The molecule has 1 amide bonds. The fourth-order valence-electron chi connectivity index (χ4n) is 3.63. The van der Waals surface area contributed by atoms with Gasteiger partial charge in [-0.2, -0.15) is 0 Å². The number of carbonyl (C=O) groups is 1. The number of carbonyl (C=O) groups excluding carboxylic acids is 1. The molecule has 1 fully saturated rings. The molecule has 2 heteroatoms. The number of amides is 1. The van der Waals surface area contributed by atoms with Crippen LogP contribution in [0.3, 0.4) is 0 Å². The van der Waals surface area contributed by atoms with Gasteiger partial charge < -0.3 is 4.90 Å². The number of β-lactam (4-membered cyclic amide) rings is 1. The number of aryl methyl sites for hydroxylation is 1. The van der Waals surface area contributed by atoms with Crippen LogP contribution < -0.4 is 0 Å². The lowest BCUT2D eigenvalue weighted by atomic mass is 9.77. The molecular weight excluding hydrogens is 306 g/mol. The highest BCUT2D eigenvalue weighted by Gasteiger charge is 2.48. The van der Waals surface area contributed by atoms with Gasteiger partial charge in [0.15, 0.2) is 0 Å². The Labute approximate surface area is 148 Å². The maximum absolute atomic E-state index is 12.9. The molecule has 1 saturated heterocycles. The summed E-state index contributed by atoms with van der Waals surface area (Å²) in [6.45, 7) is 2.74. The Bertz CT molecular complexity index is 856. The molecule has 0 aromatic heterocycles. The number of nitrogens with zero attached hydrogens (tertiary/aromatic N) is 1. The van der Waals surface area contributed by atoms with Crippen molar-refractivity contribution < 1.29 is 4.79 Å². The Morgan fingerprint density at radius 3 is 2.00 bits per heavy atom. The van der Waals surface area contributed by atoms with Crippen molar-refractivity contribution in [3.63, 3.8) is 0 Å². The largest absolute Gasteiger partial charge is 0.330 e. The number of rotatable bonds is 4. The SMILES string of the molecule is Cc1ccc([C@@H]2[C@@H](c3ccccc3)C(=O)N2Cc2ccccc2)cc1. The summed E-state index contributed by atoms with van der Waals surface area (Å²) in [4.78, 5) is 14.9. The van der Waals surface area contributed by atoms with E-state index in [4.69, 9.17) is 0 Å². The van der Waals surface area contributed by atoms with Gasteiger partial charge >= 0.3 is 0 Å². The van der Waals surface area contributed by atoms with E-state index in [1.807, 2.05) is 41.3 Å². The number of likely N-dealkylation sites (tertiary alicyclic amines) is 1. The Balaban J connectivity index is 1.68. The van der Waals surface area contributed by atoms with Crippen LogP contribution >= 0.6 is 0 Å². The molecule has 3 aromatic rings. The van der Waals surface area contributed by atoms with Crippen LogP contribution in [0, 0.1) is 6.92 Å². The smallest absolute Gasteiger partial charge is 0.233 e. The van der Waals surface area contributed by atoms with Crippen molar-refractivity contribution in [1.29, 1.82) is 0 Å². The second kappa shape index (κ2) is 6.56. The molecule has 25 heavy (non-hydrogen) atoms. The highest BCUT2D eigenvalue weighted by atomic mass is 16.2. The summed E-state index contributed by atoms with van der Waals surface area (Å²) < 4.78 is 0. The van der Waals surface area contributed by atoms with Gasteiger partial charge in [-0.15, -0.1) is 0 Å². The minimum atomic E-state index is -0.0902. The van der Waals surface area contributed by atoms with E-state index >= 15 is 0 Å². The average molecular weight is 327 g/mol. The molecule has 0 bridgehead atoms. The predicted octanol–water partition coefficient (Wildman–Crippen LogP) is 4.86. The Hall–Kier alpha value is -2.87. The normalized spacial score (nSPS) is 19.6. The lowest BCUT2D eigenvalue weighted by Crippen LogP contribution is -2.52. The summed E-state index contributed by atoms with van der Waals surface area (Å²) in [5.74, 6) is 0.119. The monoisotopic (exact) mass is 327 g/mol. The quantitative estimate of drug-likeness (QED) is 0.627. The van der Waals surface area contributed by atoms with E-state index in [2.05, 4.69) is 55.5 Å². The molecule has 4 rings (SSSR count). The van der Waals surface area contributed by atoms with E-state index in [9.17, 15) is 4.79 Å². The van der Waals surface area contributed by atoms with Crippen LogP contribution in [-0.2, 0) is 11.3 Å². The fraction of sp³-hybridized carbons (Fsp3) is 0.174. The van der Waals surface area contributed by atoms with Crippen molar-refractivity contribution in [3.05, 3.63) is 107 Å². The van der Waals surface area contributed by atoms with E-state index in [1.54, 1.807) is 0 Å². The van der Waals surface area contributed by atoms with Crippen molar-refractivity contribution in [2.45, 2.75) is 25.4 Å². The molecule has 3 aromatic carbocycles. The van der Waals surface area contributed by atoms with Crippen LogP contribution in [0.4, 0.5) is 0 Å². The molecule has 0 saturated carbocycles. The average Bonchev–Trinajstić information content (AvgIpc) is 2.66. The number of benzene rings is 3. The molecule has 0 unspecified atom stereocenters. The van der Waals surface area contributed by atoms with E-state index in [0.717, 1.165) is 5.56 Å². The predicted molar refractivity (Wildman–Crippen MR) is 100 cm³/mol. The van der Waals surface area contributed by atoms with Crippen LogP contribution in [0.5, 0.6) is 0 Å². The zero-order valence-electron chi connectivity index (χ0n) is 14.3. The van der Waals surface area contributed by atoms with E-state index in [0.29, 0.717) is 6.54 Å². The topological polar surface area (TPSA) is 20.3 Å². The third-order valence-electron chi connectivity index (χ3n) is 4.97. The summed E-state index contributed by atoms with van der Waals surface area (Å²) in [7, 11) is 0. The van der Waals surface area contributed by atoms with Crippen molar-refractivity contribution in [2.24, 2.45) is 0 Å². The summed E-state index contributed by atoms with van der Waals surface area (Å²) in [5, 5.41) is 0. The van der Waals surface area contributed by atoms with Crippen LogP contribution in [-0.4, -0.2) is 10.8 Å². The zero-order chi connectivity index (χ0) is 17.2. The minimum Gasteiger partial charge on any atom is -0.330 e. The summed E-state index contributed by atoms with van der Waals surface area (Å²) >= 11 is 0. The first-order valence-corrected chi connectivity index (χ1v) is 8.70. The molecule has 1 heterocycles. The molecule has 124 valence electrons. The van der Waals surface area contributed by atoms with Gasteiger partial charge in [-0.05, 0) is 23.6 Å². The number of hydrogen-bond donors (Lipinski definition) is 0. The first-order valence-electron chi connectivity index (χ1n) is 8.70. The van der Waals surface area contributed by atoms with Gasteiger partial charge in [0.05, 0.1) is 12.0 Å². The number of hydrogen-bond acceptors (Lipinski definition) is 1. The van der Waals surface area contributed by atoms with Gasteiger partial charge in [-0.3, -0.25) is 4.79 Å². The Morgan fingerprint density at radius 2 is 1.36 bits per heavy atom. The van der Waals surface area contributed by atoms with Crippen molar-refractivity contribution >= 4 is 5.91 Å². The molecule has 0 N–H and O–H groups in total. The Morgan fingerprint density at radius 1 is 0.760 bits per heavy atom. The second-order valence-corrected chi connectivity index (χ2v) is 6.70. The van der Waals surface area contributed by atoms with Crippen molar-refractivity contribution in [2.75, 3.05) is 0 Å². The fourth-order valence-corrected chi connectivity index (χ4v) is 3.63. The lowest BCUT2D eigenvalue weighted by Gasteiger charge is -2.48. The molecule has 0 aliphatic carbocycles. The van der Waals surface area contributed by atoms with E-state index in [1.165, 1.54) is 16.7 Å². The molecule has 2 atom stereocenters. The van der Waals surface area contributed by atoms with Crippen LogP contribution in [0.15, 0.2) is 84.9 Å². The third-order valence-corrected chi connectivity index (χ3v) is 4.97. The van der Waals surface area contributed by atoms with Gasteiger partial charge in [0.2, 0.25) is 5.91 Å². The van der Waals surface area contributed by atoms with Crippen molar-refractivity contribution in [3.8, 4) is 0 Å². The zero-order valence-corrected chi connectivity index (χ0v) is 14.3. The third kappa shape index (κ3) is 2.96. The summed E-state index contributed by atoms with van der Waals surface area (Å²) in [6.07, 6.45) is 0. The minimum absolute atomic E-state index is 0.0902. The van der Waals surface area contributed by atoms with Gasteiger partial charge in [0.1, 0.15) is 0 Å². The Kier molecular flexibility index (Phi) is 4.10. The highest BCUT2D eigenvalue weighted by molar-refractivity contribution is 5.91. The standard InChI is InChI=1S/C23H21NO/c1-17-12-14-20(15-13-17)22-21(19-10-6-3-7-11-19)23(25)24(22)16-18-8-4-2-5-9-18/h2-15,21-22H,16H2,1H3/t21-,22-/m1/s1. The summed E-state index contributed by atoms with van der Waals surface area (Å²) in [5.41, 5.74) is 4.71. The molecule has 0 radical (unpaired) electrons. The highest BCUT2D eigenvalue weighted by Crippen LogP contribution is 2.47. The second-order valence-electron chi connectivity index (χ2n) is 6.70. The molecular formula is C23H21NO. The van der Waals surface area contributed by atoms with Crippen LogP contribution in [0.25, 0.3) is 0 Å². The first kappa shape index (κ1) is 15.6. The molecule has 0 spiro atoms. The van der Waals surface area contributed by atoms with Crippen molar-refractivity contribution in [1.82, 2.24) is 4.90 Å². The van der Waals surface area contributed by atoms with E-state index in [-0.39, 0.29) is 17.9 Å². The maximum atomic E-state index is 12.9. The van der Waals surface area contributed by atoms with Crippen LogP contribution in [0.2, 0.25) is 0 Å². The van der Waals surface area contributed by atoms with Gasteiger partial charge in [0, 0.05) is 6.54 Å². The molecule has 2 nitrogen and oxygen atoms in total. The van der Waals surface area contributed by atoms with Crippen LogP contribution in [0.1, 0.15) is 34.2 Å². The van der Waals surface area contributed by atoms with Gasteiger partial charge in [0.25, 0.3) is 0 Å². The summed E-state index contributed by atoms with van der Waals surface area (Å²) in [6, 6.07) is 29.0. The van der Waals surface area contributed by atoms with E-state index < -0.39 is 0 Å². The lowest BCUT2D eigenvalue weighted by molar-refractivity contribution is -0.151. The molecule has 1 aliphatic heterocycles. The van der Waals surface area contributed by atoms with Gasteiger partial charge in [-0.1, -0.05) is 90.5 Å². The molecule has 1 aliphatic rings.